The quantitative estimate of drug-likeness (QED) is 0.896. The monoisotopic (exact) mass is 316 g/mol. The maximum atomic E-state index is 12.7. The standard InChI is InChI=1S/C19H28N2O2/c20-13-16-7-4-8-17(16)19(23)21-11-9-15(10-12-21)18(22)14-5-2-1-3-6-14/h1-3,5-6,15-18,22H,4,7-13,20H2/t16-,17-,18?/m1/s1. The lowest BCUT2D eigenvalue weighted by Gasteiger charge is -2.36. The van der Waals surface area contributed by atoms with Gasteiger partial charge in [0.1, 0.15) is 0 Å². The summed E-state index contributed by atoms with van der Waals surface area (Å²) < 4.78 is 0. The van der Waals surface area contributed by atoms with E-state index in [0.29, 0.717) is 18.4 Å². The molecule has 2 fully saturated rings. The summed E-state index contributed by atoms with van der Waals surface area (Å²) in [5, 5.41) is 10.5. The van der Waals surface area contributed by atoms with Crippen molar-refractivity contribution in [1.82, 2.24) is 4.90 Å². The predicted octanol–water partition coefficient (Wildman–Crippen LogP) is 2.33. The van der Waals surface area contributed by atoms with E-state index in [1.165, 1.54) is 0 Å². The summed E-state index contributed by atoms with van der Waals surface area (Å²) in [6, 6.07) is 9.85. The third-order valence-electron chi connectivity index (χ3n) is 5.72. The van der Waals surface area contributed by atoms with Gasteiger partial charge < -0.3 is 15.7 Å². The third-order valence-corrected chi connectivity index (χ3v) is 5.72. The van der Waals surface area contributed by atoms with Gasteiger partial charge in [0.15, 0.2) is 0 Å². The van der Waals surface area contributed by atoms with Crippen LogP contribution >= 0.6 is 0 Å². The molecule has 1 unspecified atom stereocenters. The number of nitrogens with two attached hydrogens (primary N) is 1. The molecule has 1 aliphatic heterocycles. The zero-order valence-corrected chi connectivity index (χ0v) is 13.7. The van der Waals surface area contributed by atoms with Gasteiger partial charge in [-0.25, -0.2) is 0 Å². The Morgan fingerprint density at radius 1 is 1.17 bits per heavy atom. The summed E-state index contributed by atoms with van der Waals surface area (Å²) >= 11 is 0. The second kappa shape index (κ2) is 7.45. The molecular weight excluding hydrogens is 288 g/mol. The van der Waals surface area contributed by atoms with Gasteiger partial charge in [0.25, 0.3) is 0 Å². The summed E-state index contributed by atoms with van der Waals surface area (Å²) in [7, 11) is 0. The zero-order valence-electron chi connectivity index (χ0n) is 13.7. The molecule has 1 heterocycles. The molecule has 1 aliphatic carbocycles. The fraction of sp³-hybridized carbons (Fsp3) is 0.632. The number of piperidine rings is 1. The number of likely N-dealkylation sites (tertiary alicyclic amines) is 1. The van der Waals surface area contributed by atoms with E-state index in [4.69, 9.17) is 5.73 Å². The van der Waals surface area contributed by atoms with E-state index in [1.54, 1.807) is 0 Å². The van der Waals surface area contributed by atoms with E-state index in [-0.39, 0.29) is 11.8 Å². The molecule has 1 amide bonds. The number of rotatable bonds is 4. The molecule has 1 saturated heterocycles. The van der Waals surface area contributed by atoms with Crippen LogP contribution in [0.25, 0.3) is 0 Å². The molecule has 3 N–H and O–H groups in total. The van der Waals surface area contributed by atoms with Gasteiger partial charge in [0.2, 0.25) is 5.91 Å². The average molecular weight is 316 g/mol. The van der Waals surface area contributed by atoms with Crippen LogP contribution < -0.4 is 5.73 Å². The van der Waals surface area contributed by atoms with Crippen molar-refractivity contribution in [1.29, 1.82) is 0 Å². The van der Waals surface area contributed by atoms with Gasteiger partial charge in [-0.3, -0.25) is 4.79 Å². The second-order valence-corrected chi connectivity index (χ2v) is 7.05. The van der Waals surface area contributed by atoms with Crippen LogP contribution in [0.1, 0.15) is 43.8 Å². The van der Waals surface area contributed by atoms with Crippen molar-refractivity contribution in [3.63, 3.8) is 0 Å². The molecule has 3 atom stereocenters. The van der Waals surface area contributed by atoms with Gasteiger partial charge in [0, 0.05) is 19.0 Å². The van der Waals surface area contributed by atoms with E-state index >= 15 is 0 Å². The lowest BCUT2D eigenvalue weighted by atomic mass is 9.86. The number of aliphatic hydroxyl groups excluding tert-OH is 1. The Bertz CT molecular complexity index is 511. The summed E-state index contributed by atoms with van der Waals surface area (Å²) in [4.78, 5) is 14.7. The summed E-state index contributed by atoms with van der Waals surface area (Å²) in [5.41, 5.74) is 6.80. The SMILES string of the molecule is NC[C@H]1CCC[C@H]1C(=O)N1CCC(C(O)c2ccccc2)CC1. The molecule has 1 saturated carbocycles. The number of hydrogen-bond donors (Lipinski definition) is 2. The molecule has 2 aliphatic rings. The highest BCUT2D eigenvalue weighted by Crippen LogP contribution is 2.35. The maximum absolute atomic E-state index is 12.7. The number of benzene rings is 1. The van der Waals surface area contributed by atoms with Crippen LogP contribution in [-0.4, -0.2) is 35.5 Å². The molecule has 4 heteroatoms. The molecule has 1 aromatic carbocycles. The molecule has 126 valence electrons. The summed E-state index contributed by atoms with van der Waals surface area (Å²) in [6.07, 6.45) is 4.55. The minimum Gasteiger partial charge on any atom is -0.388 e. The van der Waals surface area contributed by atoms with Gasteiger partial charge in [-0.15, -0.1) is 0 Å². The van der Waals surface area contributed by atoms with Gasteiger partial charge >= 0.3 is 0 Å². The highest BCUT2D eigenvalue weighted by atomic mass is 16.3. The Balaban J connectivity index is 1.55. The largest absolute Gasteiger partial charge is 0.388 e. The van der Waals surface area contributed by atoms with Crippen LogP contribution in [0, 0.1) is 17.8 Å². The normalized spacial score (nSPS) is 27.1. The van der Waals surface area contributed by atoms with Crippen molar-refractivity contribution < 1.29 is 9.90 Å². The molecule has 0 aromatic heterocycles. The third kappa shape index (κ3) is 3.59. The van der Waals surface area contributed by atoms with Crippen LogP contribution in [0.2, 0.25) is 0 Å². The van der Waals surface area contributed by atoms with Crippen LogP contribution in [0.5, 0.6) is 0 Å². The van der Waals surface area contributed by atoms with Crippen molar-refractivity contribution in [3.8, 4) is 0 Å². The number of carbonyl (C=O) groups is 1. The molecule has 3 rings (SSSR count). The summed E-state index contributed by atoms with van der Waals surface area (Å²) in [6.45, 7) is 2.15. The Hall–Kier alpha value is -1.39. The van der Waals surface area contributed by atoms with Crippen LogP contribution in [0.3, 0.4) is 0 Å². The lowest BCUT2D eigenvalue weighted by Crippen LogP contribution is -2.44. The van der Waals surface area contributed by atoms with Crippen LogP contribution in [-0.2, 0) is 4.79 Å². The van der Waals surface area contributed by atoms with E-state index in [2.05, 4.69) is 0 Å². The lowest BCUT2D eigenvalue weighted by molar-refractivity contribution is -0.138. The van der Waals surface area contributed by atoms with Gasteiger partial charge in [-0.1, -0.05) is 36.8 Å². The molecule has 0 spiro atoms. The van der Waals surface area contributed by atoms with E-state index in [0.717, 1.165) is 50.8 Å². The smallest absolute Gasteiger partial charge is 0.226 e. The molecule has 0 radical (unpaired) electrons. The molecule has 4 nitrogen and oxygen atoms in total. The van der Waals surface area contributed by atoms with Crippen molar-refractivity contribution in [2.45, 2.75) is 38.2 Å². The average Bonchev–Trinajstić information content (AvgIpc) is 3.10. The Morgan fingerprint density at radius 2 is 1.87 bits per heavy atom. The first-order chi connectivity index (χ1) is 11.2. The number of nitrogens with zero attached hydrogens (tertiary/aromatic N) is 1. The summed E-state index contributed by atoms with van der Waals surface area (Å²) in [5.74, 6) is 1.05. The van der Waals surface area contributed by atoms with Gasteiger partial charge in [-0.2, -0.15) is 0 Å². The fourth-order valence-electron chi connectivity index (χ4n) is 4.24. The van der Waals surface area contributed by atoms with Gasteiger partial charge in [-0.05, 0) is 49.6 Å². The van der Waals surface area contributed by atoms with Crippen molar-refractivity contribution in [2.24, 2.45) is 23.5 Å². The highest BCUT2D eigenvalue weighted by Gasteiger charge is 2.36. The van der Waals surface area contributed by atoms with Crippen LogP contribution in [0.4, 0.5) is 0 Å². The molecule has 0 bridgehead atoms. The number of carbonyl (C=O) groups excluding carboxylic acids is 1. The Kier molecular flexibility index (Phi) is 5.34. The minimum absolute atomic E-state index is 0.135. The minimum atomic E-state index is -0.420. The predicted molar refractivity (Wildman–Crippen MR) is 90.6 cm³/mol. The van der Waals surface area contributed by atoms with Gasteiger partial charge in [0.05, 0.1) is 6.10 Å². The van der Waals surface area contributed by atoms with Crippen molar-refractivity contribution in [2.75, 3.05) is 19.6 Å². The fourth-order valence-corrected chi connectivity index (χ4v) is 4.24. The molecule has 1 aromatic rings. The van der Waals surface area contributed by atoms with E-state index in [1.807, 2.05) is 35.2 Å². The highest BCUT2D eigenvalue weighted by molar-refractivity contribution is 5.79. The van der Waals surface area contributed by atoms with E-state index < -0.39 is 6.10 Å². The molecular formula is C19H28N2O2. The van der Waals surface area contributed by atoms with Crippen molar-refractivity contribution >= 4 is 5.91 Å². The maximum Gasteiger partial charge on any atom is 0.226 e. The number of amides is 1. The van der Waals surface area contributed by atoms with Crippen molar-refractivity contribution in [3.05, 3.63) is 35.9 Å². The first-order valence-electron chi connectivity index (χ1n) is 8.92. The van der Waals surface area contributed by atoms with Crippen LogP contribution in [0.15, 0.2) is 30.3 Å². The number of hydrogen-bond acceptors (Lipinski definition) is 3. The number of aliphatic hydroxyl groups is 1. The van der Waals surface area contributed by atoms with E-state index in [9.17, 15) is 9.90 Å². The topological polar surface area (TPSA) is 66.6 Å². The zero-order chi connectivity index (χ0) is 16.2. The Morgan fingerprint density at radius 3 is 2.52 bits per heavy atom. The first-order valence-corrected chi connectivity index (χ1v) is 8.92. The first kappa shape index (κ1) is 16.5. The second-order valence-electron chi connectivity index (χ2n) is 7.05. The Labute approximate surface area is 138 Å². The molecule has 23 heavy (non-hydrogen) atoms.